The van der Waals surface area contributed by atoms with Crippen LogP contribution < -0.4 is 10.1 Å². The Bertz CT molecular complexity index is 615. The van der Waals surface area contributed by atoms with Gasteiger partial charge in [-0.3, -0.25) is 0 Å². The van der Waals surface area contributed by atoms with Crippen LogP contribution in [0.4, 0.5) is 0 Å². The lowest BCUT2D eigenvalue weighted by Crippen LogP contribution is -2.22. The molecular weight excluding hydrogens is 286 g/mol. The highest BCUT2D eigenvalue weighted by atomic mass is 35.5. The predicted molar refractivity (Wildman–Crippen MR) is 86.1 cm³/mol. The number of ether oxygens (including phenoxy) is 1. The van der Waals surface area contributed by atoms with E-state index in [0.29, 0.717) is 5.75 Å². The van der Waals surface area contributed by atoms with Gasteiger partial charge in [-0.1, -0.05) is 29.8 Å². The lowest BCUT2D eigenvalue weighted by molar-refractivity contribution is 0.402. The molecule has 21 heavy (non-hydrogen) atoms. The molecule has 4 heteroatoms. The van der Waals surface area contributed by atoms with Crippen molar-refractivity contribution in [2.24, 2.45) is 0 Å². The fraction of sp³-hybridized carbons (Fsp3) is 0.294. The Kier molecular flexibility index (Phi) is 5.10. The molecular formula is C17H20ClNO2. The van der Waals surface area contributed by atoms with E-state index in [0.717, 1.165) is 16.1 Å². The van der Waals surface area contributed by atoms with Gasteiger partial charge >= 0.3 is 0 Å². The standard InChI is InChI=1S/C17H20ClNO2/c1-11(13-5-4-6-14(18)9-13)19-12(2)16-8-7-15(21-3)10-17(16)20/h4-12,19-20H,1-3H3/t11-,12?/m0/s1. The van der Waals surface area contributed by atoms with Crippen LogP contribution in [-0.4, -0.2) is 12.2 Å². The van der Waals surface area contributed by atoms with Gasteiger partial charge in [-0.15, -0.1) is 0 Å². The first-order chi connectivity index (χ1) is 10.0. The molecule has 2 aromatic rings. The Morgan fingerprint density at radius 3 is 2.48 bits per heavy atom. The van der Waals surface area contributed by atoms with Gasteiger partial charge in [0.1, 0.15) is 11.5 Å². The maximum Gasteiger partial charge on any atom is 0.124 e. The van der Waals surface area contributed by atoms with Gasteiger partial charge in [0, 0.05) is 28.7 Å². The van der Waals surface area contributed by atoms with Crippen LogP contribution in [0.3, 0.4) is 0 Å². The summed E-state index contributed by atoms with van der Waals surface area (Å²) in [4.78, 5) is 0. The Balaban J connectivity index is 2.12. The molecule has 0 amide bonds. The van der Waals surface area contributed by atoms with Gasteiger partial charge in [-0.05, 0) is 37.6 Å². The molecule has 2 aromatic carbocycles. The average molecular weight is 306 g/mol. The molecule has 0 spiro atoms. The van der Waals surface area contributed by atoms with Crippen molar-refractivity contribution in [3.05, 3.63) is 58.6 Å². The van der Waals surface area contributed by atoms with Crippen LogP contribution in [-0.2, 0) is 0 Å². The van der Waals surface area contributed by atoms with Crippen molar-refractivity contribution in [2.45, 2.75) is 25.9 Å². The van der Waals surface area contributed by atoms with E-state index in [2.05, 4.69) is 12.2 Å². The molecule has 3 nitrogen and oxygen atoms in total. The van der Waals surface area contributed by atoms with Crippen LogP contribution in [0.15, 0.2) is 42.5 Å². The monoisotopic (exact) mass is 305 g/mol. The van der Waals surface area contributed by atoms with Gasteiger partial charge in [-0.25, -0.2) is 0 Å². The van der Waals surface area contributed by atoms with Gasteiger partial charge in [0.05, 0.1) is 7.11 Å². The zero-order valence-corrected chi connectivity index (χ0v) is 13.2. The summed E-state index contributed by atoms with van der Waals surface area (Å²) in [5.74, 6) is 0.874. The van der Waals surface area contributed by atoms with Gasteiger partial charge < -0.3 is 15.2 Å². The molecule has 0 fully saturated rings. The van der Waals surface area contributed by atoms with Crippen molar-refractivity contribution in [2.75, 3.05) is 7.11 Å². The lowest BCUT2D eigenvalue weighted by atomic mass is 10.0. The van der Waals surface area contributed by atoms with E-state index < -0.39 is 0 Å². The fourth-order valence-corrected chi connectivity index (χ4v) is 2.55. The molecule has 0 bridgehead atoms. The van der Waals surface area contributed by atoms with Crippen LogP contribution in [0.25, 0.3) is 0 Å². The van der Waals surface area contributed by atoms with Crippen molar-refractivity contribution in [1.29, 1.82) is 0 Å². The number of hydrogen-bond donors (Lipinski definition) is 2. The quantitative estimate of drug-likeness (QED) is 0.856. The molecule has 0 aliphatic heterocycles. The van der Waals surface area contributed by atoms with Crippen molar-refractivity contribution in [3.63, 3.8) is 0 Å². The predicted octanol–water partition coefficient (Wildman–Crippen LogP) is 4.47. The fourth-order valence-electron chi connectivity index (χ4n) is 2.35. The zero-order valence-electron chi connectivity index (χ0n) is 12.4. The van der Waals surface area contributed by atoms with Gasteiger partial charge in [-0.2, -0.15) is 0 Å². The van der Waals surface area contributed by atoms with E-state index in [4.69, 9.17) is 16.3 Å². The van der Waals surface area contributed by atoms with Gasteiger partial charge in [0.2, 0.25) is 0 Å². The number of phenolic OH excluding ortho intramolecular Hbond substituents is 1. The molecule has 0 saturated heterocycles. The number of rotatable bonds is 5. The highest BCUT2D eigenvalue weighted by molar-refractivity contribution is 6.30. The summed E-state index contributed by atoms with van der Waals surface area (Å²) in [6, 6.07) is 13.2. The van der Waals surface area contributed by atoms with E-state index in [1.54, 1.807) is 13.2 Å². The number of nitrogens with one attached hydrogen (secondary N) is 1. The van der Waals surface area contributed by atoms with Crippen LogP contribution >= 0.6 is 11.6 Å². The summed E-state index contributed by atoms with van der Waals surface area (Å²) in [7, 11) is 1.58. The summed E-state index contributed by atoms with van der Waals surface area (Å²) in [5.41, 5.74) is 1.95. The summed E-state index contributed by atoms with van der Waals surface area (Å²) in [6.45, 7) is 4.09. The number of benzene rings is 2. The van der Waals surface area contributed by atoms with Crippen molar-refractivity contribution >= 4 is 11.6 Å². The van der Waals surface area contributed by atoms with E-state index in [-0.39, 0.29) is 17.8 Å². The molecule has 0 aliphatic rings. The minimum absolute atomic E-state index is 0.00453. The first kappa shape index (κ1) is 15.7. The van der Waals surface area contributed by atoms with Crippen molar-refractivity contribution < 1.29 is 9.84 Å². The third-order valence-electron chi connectivity index (χ3n) is 3.55. The molecule has 2 atom stereocenters. The molecule has 2 rings (SSSR count). The third-order valence-corrected chi connectivity index (χ3v) is 3.79. The minimum atomic E-state index is 0.00453. The molecule has 112 valence electrons. The average Bonchev–Trinajstić information content (AvgIpc) is 2.46. The van der Waals surface area contributed by atoms with Crippen LogP contribution in [0.2, 0.25) is 5.02 Å². The van der Waals surface area contributed by atoms with Crippen LogP contribution in [0.5, 0.6) is 11.5 Å². The minimum Gasteiger partial charge on any atom is -0.507 e. The zero-order chi connectivity index (χ0) is 15.4. The molecule has 0 aromatic heterocycles. The summed E-state index contributed by atoms with van der Waals surface area (Å²) >= 11 is 6.02. The lowest BCUT2D eigenvalue weighted by Gasteiger charge is -2.22. The largest absolute Gasteiger partial charge is 0.507 e. The molecule has 2 N–H and O–H groups in total. The van der Waals surface area contributed by atoms with E-state index in [1.807, 2.05) is 43.3 Å². The molecule has 0 aliphatic carbocycles. The summed E-state index contributed by atoms with van der Waals surface area (Å²) < 4.78 is 5.10. The Hall–Kier alpha value is -1.71. The van der Waals surface area contributed by atoms with E-state index in [1.165, 1.54) is 0 Å². The Morgan fingerprint density at radius 2 is 1.86 bits per heavy atom. The normalized spacial score (nSPS) is 13.7. The summed E-state index contributed by atoms with van der Waals surface area (Å²) in [6.07, 6.45) is 0. The topological polar surface area (TPSA) is 41.5 Å². The van der Waals surface area contributed by atoms with Gasteiger partial charge in [0.25, 0.3) is 0 Å². The first-order valence-electron chi connectivity index (χ1n) is 6.89. The molecule has 0 radical (unpaired) electrons. The maximum atomic E-state index is 10.1. The first-order valence-corrected chi connectivity index (χ1v) is 7.27. The Labute approximate surface area is 130 Å². The van der Waals surface area contributed by atoms with E-state index >= 15 is 0 Å². The smallest absolute Gasteiger partial charge is 0.124 e. The number of hydrogen-bond acceptors (Lipinski definition) is 3. The Morgan fingerprint density at radius 1 is 1.10 bits per heavy atom. The second-order valence-corrected chi connectivity index (χ2v) is 5.53. The second-order valence-electron chi connectivity index (χ2n) is 5.09. The maximum absolute atomic E-state index is 10.1. The molecule has 0 saturated carbocycles. The third kappa shape index (κ3) is 3.90. The molecule has 0 heterocycles. The van der Waals surface area contributed by atoms with Gasteiger partial charge in [0.15, 0.2) is 0 Å². The number of aromatic hydroxyl groups is 1. The highest BCUT2D eigenvalue weighted by Crippen LogP contribution is 2.30. The van der Waals surface area contributed by atoms with E-state index in [9.17, 15) is 5.11 Å². The van der Waals surface area contributed by atoms with Crippen molar-refractivity contribution in [3.8, 4) is 11.5 Å². The van der Waals surface area contributed by atoms with Crippen molar-refractivity contribution in [1.82, 2.24) is 5.32 Å². The number of halogens is 1. The second kappa shape index (κ2) is 6.83. The number of phenols is 1. The van der Waals surface area contributed by atoms with Crippen LogP contribution in [0, 0.1) is 0 Å². The summed E-state index contributed by atoms with van der Waals surface area (Å²) in [5, 5.41) is 14.3. The SMILES string of the molecule is COc1ccc(C(C)N[C@@H](C)c2cccc(Cl)c2)c(O)c1. The highest BCUT2D eigenvalue weighted by Gasteiger charge is 2.15. The van der Waals surface area contributed by atoms with Crippen LogP contribution in [0.1, 0.15) is 37.1 Å². The molecule has 1 unspecified atom stereocenters. The number of methoxy groups -OCH3 is 1.